The number of hydrogen-bond donors (Lipinski definition) is 3. The van der Waals surface area contributed by atoms with Crippen molar-refractivity contribution in [1.29, 1.82) is 0 Å². The number of hydrogen-bond acceptors (Lipinski definition) is 3. The van der Waals surface area contributed by atoms with Crippen molar-refractivity contribution < 1.29 is 4.79 Å². The van der Waals surface area contributed by atoms with Gasteiger partial charge < -0.3 is 10.6 Å². The molecular formula is C9H16N4O. The van der Waals surface area contributed by atoms with Gasteiger partial charge in [0.05, 0.1) is 12.2 Å². The molecule has 0 bridgehead atoms. The fourth-order valence-electron chi connectivity index (χ4n) is 1.12. The van der Waals surface area contributed by atoms with Gasteiger partial charge in [-0.1, -0.05) is 0 Å². The van der Waals surface area contributed by atoms with Crippen LogP contribution in [0.2, 0.25) is 0 Å². The third kappa shape index (κ3) is 3.18. The van der Waals surface area contributed by atoms with Crippen LogP contribution in [0.15, 0.2) is 12.3 Å². The van der Waals surface area contributed by atoms with Crippen molar-refractivity contribution >= 4 is 5.91 Å². The molecule has 0 radical (unpaired) electrons. The number of aromatic nitrogens is 2. The average Bonchev–Trinajstić information content (AvgIpc) is 2.67. The number of amides is 1. The molecule has 0 aliphatic rings. The van der Waals surface area contributed by atoms with E-state index in [1.54, 1.807) is 6.20 Å². The van der Waals surface area contributed by atoms with E-state index < -0.39 is 0 Å². The summed E-state index contributed by atoms with van der Waals surface area (Å²) in [6.07, 6.45) is 1.69. The largest absolute Gasteiger partial charge is 0.355 e. The average molecular weight is 196 g/mol. The Morgan fingerprint density at radius 1 is 1.71 bits per heavy atom. The number of carbonyl (C=O) groups is 1. The van der Waals surface area contributed by atoms with Crippen molar-refractivity contribution in [2.45, 2.75) is 19.9 Å². The van der Waals surface area contributed by atoms with Gasteiger partial charge in [-0.3, -0.25) is 9.89 Å². The van der Waals surface area contributed by atoms with Crippen LogP contribution in [0.4, 0.5) is 0 Å². The molecule has 0 aromatic carbocycles. The van der Waals surface area contributed by atoms with Crippen molar-refractivity contribution in [3.05, 3.63) is 18.0 Å². The predicted molar refractivity (Wildman–Crippen MR) is 53.7 cm³/mol. The minimum atomic E-state index is 0.0128. The summed E-state index contributed by atoms with van der Waals surface area (Å²) in [7, 11) is 0. The second-order valence-electron chi connectivity index (χ2n) is 3.07. The van der Waals surface area contributed by atoms with Gasteiger partial charge in [-0.15, -0.1) is 0 Å². The summed E-state index contributed by atoms with van der Waals surface area (Å²) in [5.41, 5.74) is 0.981. The maximum absolute atomic E-state index is 11.1. The zero-order chi connectivity index (χ0) is 10.4. The molecule has 14 heavy (non-hydrogen) atoms. The molecule has 0 aliphatic heterocycles. The van der Waals surface area contributed by atoms with Crippen molar-refractivity contribution in [1.82, 2.24) is 20.8 Å². The Morgan fingerprint density at radius 2 is 2.50 bits per heavy atom. The van der Waals surface area contributed by atoms with Crippen molar-refractivity contribution in [2.75, 3.05) is 13.1 Å². The number of nitrogens with one attached hydrogen (secondary N) is 3. The van der Waals surface area contributed by atoms with E-state index in [1.807, 2.05) is 19.9 Å². The lowest BCUT2D eigenvalue weighted by Gasteiger charge is -2.11. The lowest BCUT2D eigenvalue weighted by atomic mass is 10.2. The SMILES string of the molecule is CCNC(=O)CNC(C)c1ccn[nH]1. The van der Waals surface area contributed by atoms with Gasteiger partial charge in [0.1, 0.15) is 0 Å². The van der Waals surface area contributed by atoms with Gasteiger partial charge in [0.15, 0.2) is 0 Å². The molecule has 0 saturated heterocycles. The fourth-order valence-corrected chi connectivity index (χ4v) is 1.12. The Hall–Kier alpha value is -1.36. The Bertz CT molecular complexity index is 270. The van der Waals surface area contributed by atoms with E-state index >= 15 is 0 Å². The van der Waals surface area contributed by atoms with Gasteiger partial charge in [-0.05, 0) is 19.9 Å². The molecule has 5 heteroatoms. The minimum Gasteiger partial charge on any atom is -0.355 e. The summed E-state index contributed by atoms with van der Waals surface area (Å²) in [6, 6.07) is 2.00. The Kier molecular flexibility index (Phi) is 4.12. The monoisotopic (exact) mass is 196 g/mol. The van der Waals surface area contributed by atoms with Gasteiger partial charge >= 0.3 is 0 Å². The highest BCUT2D eigenvalue weighted by Gasteiger charge is 2.07. The molecule has 78 valence electrons. The first-order valence-electron chi connectivity index (χ1n) is 4.73. The van der Waals surface area contributed by atoms with Gasteiger partial charge in [0.2, 0.25) is 5.91 Å². The molecular weight excluding hydrogens is 180 g/mol. The van der Waals surface area contributed by atoms with Crippen LogP contribution in [-0.2, 0) is 4.79 Å². The molecule has 1 aromatic rings. The van der Waals surface area contributed by atoms with E-state index in [4.69, 9.17) is 0 Å². The van der Waals surface area contributed by atoms with Gasteiger partial charge in [-0.25, -0.2) is 0 Å². The lowest BCUT2D eigenvalue weighted by Crippen LogP contribution is -2.34. The van der Waals surface area contributed by atoms with Crippen molar-refractivity contribution in [3.63, 3.8) is 0 Å². The third-order valence-corrected chi connectivity index (χ3v) is 1.93. The molecule has 3 N–H and O–H groups in total. The zero-order valence-electron chi connectivity index (χ0n) is 8.50. The number of rotatable bonds is 5. The molecule has 0 fully saturated rings. The van der Waals surface area contributed by atoms with Gasteiger partial charge in [0.25, 0.3) is 0 Å². The summed E-state index contributed by atoms with van der Waals surface area (Å²) >= 11 is 0. The van der Waals surface area contributed by atoms with E-state index in [1.165, 1.54) is 0 Å². The molecule has 1 heterocycles. The lowest BCUT2D eigenvalue weighted by molar-refractivity contribution is -0.120. The molecule has 1 atom stereocenters. The number of H-pyrrole nitrogens is 1. The Labute approximate surface area is 83.3 Å². The highest BCUT2D eigenvalue weighted by Crippen LogP contribution is 2.05. The molecule has 1 aromatic heterocycles. The predicted octanol–water partition coefficient (Wildman–Crippen LogP) is 0.196. The molecule has 5 nitrogen and oxygen atoms in total. The maximum atomic E-state index is 11.1. The summed E-state index contributed by atoms with van der Waals surface area (Å²) in [4.78, 5) is 11.1. The topological polar surface area (TPSA) is 69.8 Å². The van der Waals surface area contributed by atoms with Crippen LogP contribution in [0.5, 0.6) is 0 Å². The zero-order valence-corrected chi connectivity index (χ0v) is 8.50. The van der Waals surface area contributed by atoms with E-state index in [-0.39, 0.29) is 11.9 Å². The molecule has 1 rings (SSSR count). The van der Waals surface area contributed by atoms with Crippen LogP contribution >= 0.6 is 0 Å². The fraction of sp³-hybridized carbons (Fsp3) is 0.556. The molecule has 0 saturated carbocycles. The van der Waals surface area contributed by atoms with Crippen LogP contribution in [-0.4, -0.2) is 29.2 Å². The number of carbonyl (C=O) groups excluding carboxylic acids is 1. The standard InChI is InChI=1S/C9H16N4O/c1-3-10-9(14)6-11-7(2)8-4-5-12-13-8/h4-5,7,11H,3,6H2,1-2H3,(H,10,14)(H,12,13). The molecule has 1 unspecified atom stereocenters. The normalized spacial score (nSPS) is 12.4. The van der Waals surface area contributed by atoms with Crippen LogP contribution in [0.3, 0.4) is 0 Å². The number of aromatic amines is 1. The second-order valence-corrected chi connectivity index (χ2v) is 3.07. The van der Waals surface area contributed by atoms with Crippen molar-refractivity contribution in [2.24, 2.45) is 0 Å². The highest BCUT2D eigenvalue weighted by atomic mass is 16.1. The van der Waals surface area contributed by atoms with Gasteiger partial charge in [0, 0.05) is 18.8 Å². The van der Waals surface area contributed by atoms with Crippen LogP contribution in [0.1, 0.15) is 25.6 Å². The quantitative estimate of drug-likeness (QED) is 0.630. The van der Waals surface area contributed by atoms with Crippen molar-refractivity contribution in [3.8, 4) is 0 Å². The molecule has 0 aliphatic carbocycles. The third-order valence-electron chi connectivity index (χ3n) is 1.93. The maximum Gasteiger partial charge on any atom is 0.233 e. The van der Waals surface area contributed by atoms with Crippen LogP contribution in [0, 0.1) is 0 Å². The smallest absolute Gasteiger partial charge is 0.233 e. The Morgan fingerprint density at radius 3 is 3.07 bits per heavy atom. The number of nitrogens with zero attached hydrogens (tertiary/aromatic N) is 1. The summed E-state index contributed by atoms with van der Waals surface area (Å²) in [5.74, 6) is 0.0128. The van der Waals surface area contributed by atoms with E-state index in [2.05, 4.69) is 20.8 Å². The van der Waals surface area contributed by atoms with Crippen LogP contribution < -0.4 is 10.6 Å². The van der Waals surface area contributed by atoms with E-state index in [0.717, 1.165) is 5.69 Å². The highest BCUT2D eigenvalue weighted by molar-refractivity contribution is 5.77. The van der Waals surface area contributed by atoms with E-state index in [0.29, 0.717) is 13.1 Å². The van der Waals surface area contributed by atoms with E-state index in [9.17, 15) is 4.79 Å². The molecule has 1 amide bonds. The minimum absolute atomic E-state index is 0.0128. The van der Waals surface area contributed by atoms with Crippen LogP contribution in [0.25, 0.3) is 0 Å². The molecule has 0 spiro atoms. The number of likely N-dealkylation sites (N-methyl/N-ethyl adjacent to an activating group) is 1. The summed E-state index contributed by atoms with van der Waals surface area (Å²) in [6.45, 7) is 4.87. The first-order valence-corrected chi connectivity index (χ1v) is 4.73. The van der Waals surface area contributed by atoms with Gasteiger partial charge in [-0.2, -0.15) is 5.10 Å². The Balaban J connectivity index is 2.28. The summed E-state index contributed by atoms with van der Waals surface area (Å²) in [5, 5.41) is 12.5. The second kappa shape index (κ2) is 5.39. The first kappa shape index (κ1) is 10.7. The first-order chi connectivity index (χ1) is 6.74. The summed E-state index contributed by atoms with van der Waals surface area (Å²) < 4.78 is 0.